The van der Waals surface area contributed by atoms with Crippen LogP contribution < -0.4 is 25.1 Å². The van der Waals surface area contributed by atoms with Gasteiger partial charge in [0, 0.05) is 5.56 Å². The molecule has 0 unspecified atom stereocenters. The van der Waals surface area contributed by atoms with Crippen LogP contribution in [0.15, 0.2) is 27.8 Å². The molecule has 7 nitrogen and oxygen atoms in total. The zero-order valence-corrected chi connectivity index (χ0v) is 13.5. The van der Waals surface area contributed by atoms with Gasteiger partial charge in [-0.25, -0.2) is 0 Å². The van der Waals surface area contributed by atoms with Gasteiger partial charge in [0.1, 0.15) is 5.69 Å². The van der Waals surface area contributed by atoms with Crippen LogP contribution in [0.5, 0.6) is 11.5 Å². The van der Waals surface area contributed by atoms with Gasteiger partial charge in [-0.1, -0.05) is 23.5 Å². The molecule has 2 aromatic heterocycles. The molecule has 118 valence electrons. The maximum absolute atomic E-state index is 12.4. The van der Waals surface area contributed by atoms with Crippen LogP contribution in [0.1, 0.15) is 11.3 Å². The van der Waals surface area contributed by atoms with Crippen molar-refractivity contribution in [2.45, 2.75) is 6.92 Å². The number of benzene rings is 1. The molecule has 0 fully saturated rings. The topological polar surface area (TPSA) is 82.8 Å². The normalized spacial score (nSPS) is 11.9. The lowest BCUT2D eigenvalue weighted by molar-refractivity contribution is 0.354. The molecule has 0 radical (unpaired) electrons. The third-order valence-electron chi connectivity index (χ3n) is 3.26. The second-order valence-electron chi connectivity index (χ2n) is 4.70. The summed E-state index contributed by atoms with van der Waals surface area (Å²) in [7, 11) is 3.07. The van der Waals surface area contributed by atoms with E-state index in [1.807, 2.05) is 0 Å². The Labute approximate surface area is 134 Å². The van der Waals surface area contributed by atoms with Gasteiger partial charge in [-0.3, -0.25) is 9.59 Å². The van der Waals surface area contributed by atoms with Crippen molar-refractivity contribution < 1.29 is 9.47 Å². The van der Waals surface area contributed by atoms with Gasteiger partial charge in [-0.2, -0.15) is 14.6 Å². The first kappa shape index (κ1) is 15.2. The van der Waals surface area contributed by atoms with Gasteiger partial charge in [-0.05, 0) is 19.1 Å². The number of aryl methyl sites for hydroxylation is 1. The zero-order chi connectivity index (χ0) is 16.6. The van der Waals surface area contributed by atoms with E-state index in [9.17, 15) is 9.59 Å². The number of fused-ring (bicyclic) bond motifs is 1. The van der Waals surface area contributed by atoms with Crippen LogP contribution in [-0.2, 0) is 0 Å². The Hall–Kier alpha value is -2.74. The van der Waals surface area contributed by atoms with Crippen molar-refractivity contribution in [1.82, 2.24) is 14.6 Å². The average Bonchev–Trinajstić information content (AvgIpc) is 2.83. The molecule has 0 saturated carbocycles. The molecular weight excluding hydrogens is 318 g/mol. The predicted octanol–water partition coefficient (Wildman–Crippen LogP) is 0.385. The predicted molar refractivity (Wildman–Crippen MR) is 86.5 cm³/mol. The molecule has 0 N–H and O–H groups in total. The molecule has 3 aromatic rings. The van der Waals surface area contributed by atoms with Crippen LogP contribution in [-0.4, -0.2) is 28.8 Å². The maximum Gasteiger partial charge on any atom is 0.295 e. The molecule has 0 saturated heterocycles. The fourth-order valence-corrected chi connectivity index (χ4v) is 3.05. The van der Waals surface area contributed by atoms with E-state index >= 15 is 0 Å². The fourth-order valence-electron chi connectivity index (χ4n) is 2.15. The van der Waals surface area contributed by atoms with Crippen LogP contribution in [0.25, 0.3) is 11.0 Å². The molecule has 3 rings (SSSR count). The summed E-state index contributed by atoms with van der Waals surface area (Å²) < 4.78 is 12.1. The third kappa shape index (κ3) is 2.57. The Balaban J connectivity index is 2.29. The number of nitrogens with zero attached hydrogens (tertiary/aromatic N) is 3. The highest BCUT2D eigenvalue weighted by Crippen LogP contribution is 2.30. The third-order valence-corrected chi connectivity index (χ3v) is 4.22. The highest BCUT2D eigenvalue weighted by Gasteiger charge is 2.11. The molecule has 0 aliphatic rings. The summed E-state index contributed by atoms with van der Waals surface area (Å²) in [6.45, 7) is 1.52. The Morgan fingerprint density at radius 3 is 2.70 bits per heavy atom. The van der Waals surface area contributed by atoms with E-state index in [-0.39, 0.29) is 16.2 Å². The van der Waals surface area contributed by atoms with Gasteiger partial charge in [-0.15, -0.1) is 0 Å². The highest BCUT2D eigenvalue weighted by atomic mass is 32.1. The average molecular weight is 331 g/mol. The van der Waals surface area contributed by atoms with E-state index in [0.29, 0.717) is 21.6 Å². The minimum Gasteiger partial charge on any atom is -0.493 e. The van der Waals surface area contributed by atoms with Crippen molar-refractivity contribution in [3.63, 3.8) is 0 Å². The molecule has 23 heavy (non-hydrogen) atoms. The first-order chi connectivity index (χ1) is 11.0. The molecular formula is C15H13N3O4S. The van der Waals surface area contributed by atoms with Crippen LogP contribution in [0.4, 0.5) is 0 Å². The maximum atomic E-state index is 12.4. The molecule has 2 heterocycles. The molecule has 8 heteroatoms. The number of hydrogen-bond acceptors (Lipinski definition) is 7. The van der Waals surface area contributed by atoms with E-state index in [1.165, 1.54) is 14.0 Å². The zero-order valence-electron chi connectivity index (χ0n) is 12.7. The standard InChI is InChI=1S/C15H13N3O4S/c1-8-13(19)16-15-18(17-8)14(20)11(23-15)7-9-5-4-6-10(21-2)12(9)22-3/h4-7H,1-3H3/b11-7-. The van der Waals surface area contributed by atoms with Gasteiger partial charge < -0.3 is 9.47 Å². The minimum absolute atomic E-state index is 0.183. The highest BCUT2D eigenvalue weighted by molar-refractivity contribution is 7.15. The second kappa shape index (κ2) is 5.81. The van der Waals surface area contributed by atoms with Gasteiger partial charge in [0.2, 0.25) is 4.96 Å². The van der Waals surface area contributed by atoms with Crippen molar-refractivity contribution in [1.29, 1.82) is 0 Å². The molecule has 0 amide bonds. The van der Waals surface area contributed by atoms with E-state index in [0.717, 1.165) is 15.9 Å². The van der Waals surface area contributed by atoms with Crippen molar-refractivity contribution >= 4 is 22.4 Å². The molecule has 0 spiro atoms. The number of rotatable bonds is 3. The van der Waals surface area contributed by atoms with Gasteiger partial charge in [0.15, 0.2) is 11.5 Å². The van der Waals surface area contributed by atoms with E-state index < -0.39 is 5.56 Å². The molecule has 1 aromatic carbocycles. The Bertz CT molecular complexity index is 1050. The van der Waals surface area contributed by atoms with Crippen molar-refractivity contribution in [2.24, 2.45) is 0 Å². The van der Waals surface area contributed by atoms with Crippen LogP contribution in [0.3, 0.4) is 0 Å². The van der Waals surface area contributed by atoms with Crippen LogP contribution in [0, 0.1) is 6.92 Å². The summed E-state index contributed by atoms with van der Waals surface area (Å²) in [6, 6.07) is 5.37. The van der Waals surface area contributed by atoms with E-state index in [1.54, 1.807) is 31.4 Å². The van der Waals surface area contributed by atoms with Gasteiger partial charge >= 0.3 is 0 Å². The lowest BCUT2D eigenvalue weighted by atomic mass is 10.2. The fraction of sp³-hybridized carbons (Fsp3) is 0.200. The van der Waals surface area contributed by atoms with Gasteiger partial charge in [0.25, 0.3) is 11.1 Å². The summed E-state index contributed by atoms with van der Waals surface area (Å²) in [5, 5.41) is 3.98. The Morgan fingerprint density at radius 1 is 1.22 bits per heavy atom. The van der Waals surface area contributed by atoms with E-state index in [4.69, 9.17) is 9.47 Å². The quantitative estimate of drug-likeness (QED) is 0.690. The first-order valence-electron chi connectivity index (χ1n) is 6.68. The van der Waals surface area contributed by atoms with Crippen LogP contribution >= 0.6 is 11.3 Å². The van der Waals surface area contributed by atoms with E-state index in [2.05, 4.69) is 10.1 Å². The summed E-state index contributed by atoms with van der Waals surface area (Å²) in [4.78, 5) is 28.1. The molecule has 0 atom stereocenters. The smallest absolute Gasteiger partial charge is 0.295 e. The number of ether oxygens (including phenoxy) is 2. The molecule has 0 aliphatic heterocycles. The Morgan fingerprint density at radius 2 is 2.00 bits per heavy atom. The van der Waals surface area contributed by atoms with Crippen molar-refractivity contribution in [3.8, 4) is 11.5 Å². The minimum atomic E-state index is -0.434. The van der Waals surface area contributed by atoms with Crippen molar-refractivity contribution in [2.75, 3.05) is 14.2 Å². The Kier molecular flexibility index (Phi) is 3.83. The summed E-state index contributed by atoms with van der Waals surface area (Å²) in [5.41, 5.74) is 0.111. The molecule has 0 aliphatic carbocycles. The number of methoxy groups -OCH3 is 2. The summed E-state index contributed by atoms with van der Waals surface area (Å²) in [6.07, 6.45) is 1.67. The second-order valence-corrected chi connectivity index (χ2v) is 5.70. The van der Waals surface area contributed by atoms with Gasteiger partial charge in [0.05, 0.1) is 18.8 Å². The summed E-state index contributed by atoms with van der Waals surface area (Å²) >= 11 is 1.10. The van der Waals surface area contributed by atoms with Crippen molar-refractivity contribution in [3.05, 3.63) is 54.7 Å². The van der Waals surface area contributed by atoms with Crippen LogP contribution in [0.2, 0.25) is 0 Å². The monoisotopic (exact) mass is 331 g/mol. The lowest BCUT2D eigenvalue weighted by Gasteiger charge is -2.09. The SMILES string of the molecule is COc1cccc(/C=c2\sc3nc(=O)c(C)nn3c2=O)c1OC. The summed E-state index contributed by atoms with van der Waals surface area (Å²) in [5.74, 6) is 1.09. The number of para-hydroxylation sites is 1. The molecule has 0 bridgehead atoms. The number of thiazole rings is 1. The lowest BCUT2D eigenvalue weighted by Crippen LogP contribution is -2.27. The number of aromatic nitrogens is 3. The largest absolute Gasteiger partial charge is 0.493 e. The number of hydrogen-bond donors (Lipinski definition) is 0. The first-order valence-corrected chi connectivity index (χ1v) is 7.50.